The Morgan fingerprint density at radius 2 is 2.46 bits per heavy atom. The zero-order valence-electron chi connectivity index (χ0n) is 7.63. The number of aromatic nitrogens is 2. The van der Waals surface area contributed by atoms with Gasteiger partial charge in [-0.3, -0.25) is 4.79 Å². The minimum atomic E-state index is -0.0397. The predicted molar refractivity (Wildman–Crippen MR) is 49.6 cm³/mol. The Hall–Kier alpha value is -1.16. The highest BCUT2D eigenvalue weighted by atomic mass is 16.1. The van der Waals surface area contributed by atoms with E-state index in [1.54, 1.807) is 6.07 Å². The maximum atomic E-state index is 11.2. The largest absolute Gasteiger partial charge is 0.314 e. The van der Waals surface area contributed by atoms with Crippen LogP contribution in [0.2, 0.25) is 0 Å². The van der Waals surface area contributed by atoms with Crippen LogP contribution in [0.1, 0.15) is 30.3 Å². The summed E-state index contributed by atoms with van der Waals surface area (Å²) in [7, 11) is 1.85. The Morgan fingerprint density at radius 1 is 1.69 bits per heavy atom. The van der Waals surface area contributed by atoms with E-state index in [-0.39, 0.29) is 5.56 Å². The number of H-pyrrole nitrogens is 1. The third-order valence-corrected chi connectivity index (χ3v) is 2.13. The summed E-state index contributed by atoms with van der Waals surface area (Å²) in [6.07, 6.45) is 2.32. The first-order valence-electron chi connectivity index (χ1n) is 4.54. The molecule has 0 amide bonds. The number of hydrogen-bond acceptors (Lipinski definition) is 3. The lowest BCUT2D eigenvalue weighted by Gasteiger charge is -2.01. The van der Waals surface area contributed by atoms with E-state index < -0.39 is 0 Å². The maximum Gasteiger partial charge on any atom is 0.251 e. The third-order valence-electron chi connectivity index (χ3n) is 2.13. The van der Waals surface area contributed by atoms with Crippen molar-refractivity contribution >= 4 is 0 Å². The third kappa shape index (κ3) is 1.95. The highest BCUT2D eigenvalue weighted by Crippen LogP contribution is 2.37. The lowest BCUT2D eigenvalue weighted by atomic mass is 10.3. The van der Waals surface area contributed by atoms with Crippen LogP contribution in [-0.4, -0.2) is 17.0 Å². The van der Waals surface area contributed by atoms with E-state index in [0.29, 0.717) is 12.5 Å². The van der Waals surface area contributed by atoms with Crippen molar-refractivity contribution in [3.63, 3.8) is 0 Å². The van der Waals surface area contributed by atoms with Gasteiger partial charge in [-0.1, -0.05) is 0 Å². The van der Waals surface area contributed by atoms with Crippen molar-refractivity contribution in [3.05, 3.63) is 27.9 Å². The fourth-order valence-electron chi connectivity index (χ4n) is 1.35. The molecule has 0 saturated heterocycles. The summed E-state index contributed by atoms with van der Waals surface area (Å²) in [5.74, 6) is 1.36. The molecule has 1 aromatic heterocycles. The Labute approximate surface area is 76.4 Å². The van der Waals surface area contributed by atoms with Gasteiger partial charge in [0.2, 0.25) is 0 Å². The molecular weight excluding hydrogens is 166 g/mol. The molecule has 2 rings (SSSR count). The van der Waals surface area contributed by atoms with E-state index in [4.69, 9.17) is 0 Å². The molecule has 0 aliphatic heterocycles. The summed E-state index contributed by atoms with van der Waals surface area (Å²) in [5.41, 5.74) is 0.787. The van der Waals surface area contributed by atoms with E-state index in [2.05, 4.69) is 15.3 Å². The minimum Gasteiger partial charge on any atom is -0.314 e. The minimum absolute atomic E-state index is 0.0397. The molecule has 1 heterocycles. The van der Waals surface area contributed by atoms with Gasteiger partial charge in [0.05, 0.1) is 5.69 Å². The molecule has 1 fully saturated rings. The molecule has 70 valence electrons. The fourth-order valence-corrected chi connectivity index (χ4v) is 1.35. The number of rotatable bonds is 3. The van der Waals surface area contributed by atoms with Crippen LogP contribution < -0.4 is 10.9 Å². The van der Waals surface area contributed by atoms with Crippen LogP contribution in [0.4, 0.5) is 0 Å². The Kier molecular flexibility index (Phi) is 2.14. The zero-order chi connectivity index (χ0) is 9.26. The lowest BCUT2D eigenvalue weighted by Crippen LogP contribution is -2.16. The molecule has 0 atom stereocenters. The van der Waals surface area contributed by atoms with Crippen molar-refractivity contribution in [3.8, 4) is 0 Å². The summed E-state index contributed by atoms with van der Waals surface area (Å²) in [4.78, 5) is 18.3. The quantitative estimate of drug-likeness (QED) is 0.704. The molecule has 1 aliphatic carbocycles. The van der Waals surface area contributed by atoms with Gasteiger partial charge < -0.3 is 10.3 Å². The Balaban J connectivity index is 2.30. The van der Waals surface area contributed by atoms with Gasteiger partial charge in [0.15, 0.2) is 0 Å². The molecule has 13 heavy (non-hydrogen) atoms. The van der Waals surface area contributed by atoms with Gasteiger partial charge in [-0.2, -0.15) is 0 Å². The zero-order valence-corrected chi connectivity index (χ0v) is 7.63. The Morgan fingerprint density at radius 3 is 3.08 bits per heavy atom. The average molecular weight is 179 g/mol. The van der Waals surface area contributed by atoms with Gasteiger partial charge in [-0.25, -0.2) is 4.98 Å². The van der Waals surface area contributed by atoms with E-state index >= 15 is 0 Å². The molecule has 0 radical (unpaired) electrons. The fraction of sp³-hybridized carbons (Fsp3) is 0.556. The molecule has 4 heteroatoms. The monoisotopic (exact) mass is 179 g/mol. The predicted octanol–water partition coefficient (Wildman–Crippen LogP) is 0.367. The number of hydrogen-bond donors (Lipinski definition) is 2. The Bertz CT molecular complexity index is 354. The van der Waals surface area contributed by atoms with Gasteiger partial charge in [-0.15, -0.1) is 0 Å². The summed E-state index contributed by atoms with van der Waals surface area (Å²) >= 11 is 0. The SMILES string of the molecule is CNCc1cc(=O)[nH]c(C2CC2)n1. The smallest absolute Gasteiger partial charge is 0.251 e. The van der Waals surface area contributed by atoms with Crippen molar-refractivity contribution in [1.29, 1.82) is 0 Å². The molecule has 1 saturated carbocycles. The summed E-state index contributed by atoms with van der Waals surface area (Å²) in [5, 5.41) is 2.98. The molecular formula is C9H13N3O. The van der Waals surface area contributed by atoms with Crippen LogP contribution in [0.15, 0.2) is 10.9 Å². The first-order chi connectivity index (χ1) is 6.29. The van der Waals surface area contributed by atoms with E-state index in [9.17, 15) is 4.79 Å². The first kappa shape index (κ1) is 8.44. The van der Waals surface area contributed by atoms with E-state index in [1.165, 1.54) is 0 Å². The standard InChI is InChI=1S/C9H13N3O/c1-10-5-7-4-8(13)12-9(11-7)6-2-3-6/h4,6,10H,2-3,5H2,1H3,(H,11,12,13). The number of aromatic amines is 1. The molecule has 2 N–H and O–H groups in total. The van der Waals surface area contributed by atoms with Crippen molar-refractivity contribution in [2.24, 2.45) is 0 Å². The molecule has 1 aromatic rings. The van der Waals surface area contributed by atoms with Crippen molar-refractivity contribution in [1.82, 2.24) is 15.3 Å². The van der Waals surface area contributed by atoms with E-state index in [1.807, 2.05) is 7.05 Å². The normalized spacial score (nSPS) is 16.1. The van der Waals surface area contributed by atoms with Crippen molar-refractivity contribution in [2.75, 3.05) is 7.05 Å². The number of nitrogens with one attached hydrogen (secondary N) is 2. The highest BCUT2D eigenvalue weighted by molar-refractivity contribution is 5.09. The summed E-state index contributed by atoms with van der Waals surface area (Å²) < 4.78 is 0. The van der Waals surface area contributed by atoms with Crippen LogP contribution in [0.5, 0.6) is 0 Å². The van der Waals surface area contributed by atoms with Gasteiger partial charge in [0, 0.05) is 18.5 Å². The topological polar surface area (TPSA) is 57.8 Å². The lowest BCUT2D eigenvalue weighted by molar-refractivity contribution is 0.762. The second kappa shape index (κ2) is 3.30. The summed E-state index contributed by atoms with van der Waals surface area (Å²) in [6.45, 7) is 0.656. The van der Waals surface area contributed by atoms with Gasteiger partial charge in [0.25, 0.3) is 5.56 Å². The molecule has 0 bridgehead atoms. The summed E-state index contributed by atoms with van der Waals surface area (Å²) in [6, 6.07) is 1.54. The van der Waals surface area contributed by atoms with Gasteiger partial charge in [-0.05, 0) is 19.9 Å². The second-order valence-corrected chi connectivity index (χ2v) is 3.43. The van der Waals surface area contributed by atoms with Crippen molar-refractivity contribution < 1.29 is 0 Å². The van der Waals surface area contributed by atoms with Crippen LogP contribution in [0, 0.1) is 0 Å². The molecule has 0 aromatic carbocycles. The highest BCUT2D eigenvalue weighted by Gasteiger charge is 2.26. The molecule has 0 spiro atoms. The average Bonchev–Trinajstić information content (AvgIpc) is 2.85. The number of nitrogens with zero attached hydrogens (tertiary/aromatic N) is 1. The maximum absolute atomic E-state index is 11.2. The second-order valence-electron chi connectivity index (χ2n) is 3.43. The van der Waals surface area contributed by atoms with Crippen LogP contribution in [0.3, 0.4) is 0 Å². The van der Waals surface area contributed by atoms with Crippen LogP contribution in [-0.2, 0) is 6.54 Å². The van der Waals surface area contributed by atoms with Crippen molar-refractivity contribution in [2.45, 2.75) is 25.3 Å². The van der Waals surface area contributed by atoms with Gasteiger partial charge >= 0.3 is 0 Å². The molecule has 0 unspecified atom stereocenters. The molecule has 4 nitrogen and oxygen atoms in total. The van der Waals surface area contributed by atoms with Crippen LogP contribution in [0.25, 0.3) is 0 Å². The van der Waals surface area contributed by atoms with E-state index in [0.717, 1.165) is 24.4 Å². The van der Waals surface area contributed by atoms with Crippen LogP contribution >= 0.6 is 0 Å². The first-order valence-corrected chi connectivity index (χ1v) is 4.54. The van der Waals surface area contributed by atoms with Gasteiger partial charge in [0.1, 0.15) is 5.82 Å². The molecule has 1 aliphatic rings.